The average Bonchev–Trinajstić information content (AvgIpc) is 2.61. The van der Waals surface area contributed by atoms with E-state index in [9.17, 15) is 9.59 Å². The van der Waals surface area contributed by atoms with Gasteiger partial charge in [0.05, 0.1) is 20.3 Å². The van der Waals surface area contributed by atoms with E-state index in [1.807, 2.05) is 25.1 Å². The van der Waals surface area contributed by atoms with Crippen LogP contribution in [-0.4, -0.2) is 55.9 Å². The van der Waals surface area contributed by atoms with Gasteiger partial charge in [-0.1, -0.05) is 44.2 Å². The Kier molecular flexibility index (Phi) is 6.42. The molecule has 2 unspecified atom stereocenters. The van der Waals surface area contributed by atoms with Crippen molar-refractivity contribution in [3.8, 4) is 0 Å². The summed E-state index contributed by atoms with van der Waals surface area (Å²) in [5, 5.41) is 3.03. The topological polar surface area (TPSA) is 67.9 Å². The monoisotopic (exact) mass is 348 g/mol. The third-order valence-electron chi connectivity index (χ3n) is 4.56. The number of morpholine rings is 1. The van der Waals surface area contributed by atoms with Crippen LogP contribution in [0.15, 0.2) is 30.3 Å². The van der Waals surface area contributed by atoms with Gasteiger partial charge in [-0.15, -0.1) is 0 Å². The number of ether oxygens (including phenoxy) is 2. The predicted octanol–water partition coefficient (Wildman–Crippen LogP) is 2.33. The van der Waals surface area contributed by atoms with Gasteiger partial charge in [-0.05, 0) is 24.3 Å². The van der Waals surface area contributed by atoms with Crippen molar-refractivity contribution in [2.24, 2.45) is 0 Å². The lowest BCUT2D eigenvalue weighted by Gasteiger charge is -2.34. The summed E-state index contributed by atoms with van der Waals surface area (Å²) in [7, 11) is 1.32. The lowest BCUT2D eigenvalue weighted by molar-refractivity contribution is -0.158. The molecule has 1 aliphatic heterocycles. The Morgan fingerprint density at radius 3 is 2.68 bits per heavy atom. The summed E-state index contributed by atoms with van der Waals surface area (Å²) < 4.78 is 10.0. The Morgan fingerprint density at radius 2 is 2.04 bits per heavy atom. The molecule has 25 heavy (non-hydrogen) atoms. The minimum Gasteiger partial charge on any atom is -0.467 e. The van der Waals surface area contributed by atoms with Gasteiger partial charge in [0.15, 0.2) is 6.10 Å². The van der Waals surface area contributed by atoms with E-state index in [-0.39, 0.29) is 24.0 Å². The van der Waals surface area contributed by atoms with Crippen molar-refractivity contribution < 1.29 is 19.1 Å². The smallest absolute Gasteiger partial charge is 0.336 e. The Balaban J connectivity index is 1.90. The summed E-state index contributed by atoms with van der Waals surface area (Å²) in [6.07, 6.45) is 0.105. The van der Waals surface area contributed by atoms with Crippen LogP contribution >= 0.6 is 0 Å². The van der Waals surface area contributed by atoms with Crippen molar-refractivity contribution in [1.82, 2.24) is 10.2 Å². The second kappa shape index (κ2) is 8.34. The van der Waals surface area contributed by atoms with Crippen LogP contribution in [-0.2, 0) is 19.7 Å². The average molecular weight is 348 g/mol. The number of hydrogen-bond acceptors (Lipinski definition) is 4. The zero-order chi connectivity index (χ0) is 18.4. The number of nitrogens with zero attached hydrogens (tertiary/aromatic N) is 1. The molecule has 1 N–H and O–H groups in total. The zero-order valence-corrected chi connectivity index (χ0v) is 15.5. The molecule has 1 aromatic carbocycles. The number of amides is 2. The Hall–Kier alpha value is -2.08. The summed E-state index contributed by atoms with van der Waals surface area (Å²) in [4.78, 5) is 25.7. The Bertz CT molecular complexity index is 588. The maximum Gasteiger partial charge on any atom is 0.336 e. The number of nitrogens with one attached hydrogen (secondary N) is 1. The van der Waals surface area contributed by atoms with Gasteiger partial charge in [0.1, 0.15) is 0 Å². The van der Waals surface area contributed by atoms with E-state index in [0.29, 0.717) is 13.2 Å². The van der Waals surface area contributed by atoms with E-state index >= 15 is 0 Å². The van der Waals surface area contributed by atoms with Crippen LogP contribution in [0.3, 0.4) is 0 Å². The van der Waals surface area contributed by atoms with Crippen molar-refractivity contribution in [2.75, 3.05) is 26.8 Å². The van der Waals surface area contributed by atoms with Crippen LogP contribution in [0.4, 0.5) is 4.79 Å². The van der Waals surface area contributed by atoms with E-state index in [1.54, 1.807) is 4.90 Å². The van der Waals surface area contributed by atoms with E-state index in [1.165, 1.54) is 12.7 Å². The number of carbonyl (C=O) groups is 2. The number of urea groups is 1. The molecule has 0 aliphatic carbocycles. The fourth-order valence-electron chi connectivity index (χ4n) is 3.23. The molecule has 0 aromatic heterocycles. The van der Waals surface area contributed by atoms with E-state index < -0.39 is 12.1 Å². The van der Waals surface area contributed by atoms with Gasteiger partial charge in [-0.25, -0.2) is 9.59 Å². The van der Waals surface area contributed by atoms with Crippen LogP contribution in [0.1, 0.15) is 32.8 Å². The van der Waals surface area contributed by atoms with Crippen LogP contribution in [0, 0.1) is 0 Å². The van der Waals surface area contributed by atoms with Gasteiger partial charge < -0.3 is 19.7 Å². The first-order valence-corrected chi connectivity index (χ1v) is 8.64. The summed E-state index contributed by atoms with van der Waals surface area (Å²) in [6, 6.07) is 10.1. The number of rotatable bonds is 5. The normalized spacial score (nSPS) is 19.2. The highest BCUT2D eigenvalue weighted by atomic mass is 16.6. The number of hydrogen-bond donors (Lipinski definition) is 1. The van der Waals surface area contributed by atoms with E-state index in [4.69, 9.17) is 9.47 Å². The predicted molar refractivity (Wildman–Crippen MR) is 95.4 cm³/mol. The number of benzene rings is 1. The lowest BCUT2D eigenvalue weighted by atomic mass is 9.79. The van der Waals surface area contributed by atoms with Crippen LogP contribution in [0.5, 0.6) is 0 Å². The second-order valence-corrected chi connectivity index (χ2v) is 7.13. The molecule has 1 aromatic rings. The third-order valence-corrected chi connectivity index (χ3v) is 4.56. The molecule has 2 rings (SSSR count). The zero-order valence-electron chi connectivity index (χ0n) is 15.5. The molecule has 1 heterocycles. The van der Waals surface area contributed by atoms with Gasteiger partial charge in [0.25, 0.3) is 0 Å². The van der Waals surface area contributed by atoms with Crippen LogP contribution < -0.4 is 5.32 Å². The standard InChI is InChI=1S/C19H28N2O4/c1-14(12-19(2,3)15-8-6-5-7-9-15)20-18(23)21-10-11-25-16(13-21)17(22)24-4/h5-9,14,16H,10-13H2,1-4H3,(H,20,23). The molecule has 1 saturated heterocycles. The fourth-order valence-corrected chi connectivity index (χ4v) is 3.23. The highest BCUT2D eigenvalue weighted by Crippen LogP contribution is 2.28. The summed E-state index contributed by atoms with van der Waals surface area (Å²) in [5.41, 5.74) is 1.20. The fraction of sp³-hybridized carbons (Fsp3) is 0.579. The SMILES string of the molecule is COC(=O)C1CN(C(=O)NC(C)CC(C)(C)c2ccccc2)CCO1. The molecule has 0 saturated carbocycles. The molecule has 0 radical (unpaired) electrons. The highest BCUT2D eigenvalue weighted by molar-refractivity contribution is 5.78. The van der Waals surface area contributed by atoms with E-state index in [2.05, 4.69) is 31.3 Å². The molecule has 1 fully saturated rings. The molecular formula is C19H28N2O4. The van der Waals surface area contributed by atoms with Crippen molar-refractivity contribution in [1.29, 1.82) is 0 Å². The van der Waals surface area contributed by atoms with Crippen molar-refractivity contribution in [3.63, 3.8) is 0 Å². The highest BCUT2D eigenvalue weighted by Gasteiger charge is 2.31. The first-order valence-electron chi connectivity index (χ1n) is 8.64. The minimum absolute atomic E-state index is 0.00197. The molecule has 6 nitrogen and oxygen atoms in total. The molecule has 138 valence electrons. The van der Waals surface area contributed by atoms with Crippen molar-refractivity contribution in [2.45, 2.75) is 44.8 Å². The molecule has 1 aliphatic rings. The quantitative estimate of drug-likeness (QED) is 0.829. The van der Waals surface area contributed by atoms with Gasteiger partial charge in [-0.3, -0.25) is 0 Å². The van der Waals surface area contributed by atoms with Gasteiger partial charge in [-0.2, -0.15) is 0 Å². The third kappa shape index (κ3) is 5.19. The van der Waals surface area contributed by atoms with Crippen molar-refractivity contribution in [3.05, 3.63) is 35.9 Å². The Morgan fingerprint density at radius 1 is 1.36 bits per heavy atom. The maximum absolute atomic E-state index is 12.5. The number of methoxy groups -OCH3 is 1. The van der Waals surface area contributed by atoms with Gasteiger partial charge >= 0.3 is 12.0 Å². The largest absolute Gasteiger partial charge is 0.467 e. The van der Waals surface area contributed by atoms with Gasteiger partial charge in [0, 0.05) is 12.6 Å². The lowest BCUT2D eigenvalue weighted by Crippen LogP contribution is -2.53. The molecule has 2 atom stereocenters. The molecule has 6 heteroatoms. The Labute approximate surface area is 149 Å². The van der Waals surface area contributed by atoms with Crippen LogP contribution in [0.2, 0.25) is 0 Å². The number of esters is 1. The van der Waals surface area contributed by atoms with Gasteiger partial charge in [0.2, 0.25) is 0 Å². The molecule has 0 spiro atoms. The molecule has 2 amide bonds. The minimum atomic E-state index is -0.708. The second-order valence-electron chi connectivity index (χ2n) is 7.13. The molecular weight excluding hydrogens is 320 g/mol. The molecule has 0 bridgehead atoms. The summed E-state index contributed by atoms with van der Waals surface area (Å²) in [6.45, 7) is 7.36. The first-order chi connectivity index (χ1) is 11.8. The summed E-state index contributed by atoms with van der Waals surface area (Å²) in [5.74, 6) is -0.448. The van der Waals surface area contributed by atoms with Crippen molar-refractivity contribution >= 4 is 12.0 Å². The first kappa shape index (κ1) is 19.2. The number of carbonyl (C=O) groups excluding carboxylic acids is 2. The van der Waals surface area contributed by atoms with Crippen LogP contribution in [0.25, 0.3) is 0 Å². The summed E-state index contributed by atoms with van der Waals surface area (Å²) >= 11 is 0. The van der Waals surface area contributed by atoms with E-state index in [0.717, 1.165) is 6.42 Å². The maximum atomic E-state index is 12.5.